The van der Waals surface area contributed by atoms with Gasteiger partial charge >= 0.3 is 5.97 Å². The van der Waals surface area contributed by atoms with Crippen LogP contribution in [0.4, 0.5) is 0 Å². The molecule has 1 aromatic heterocycles. The van der Waals surface area contributed by atoms with Gasteiger partial charge in [0.05, 0.1) is 19.3 Å². The van der Waals surface area contributed by atoms with Crippen LogP contribution in [-0.2, 0) is 11.3 Å². The van der Waals surface area contributed by atoms with Gasteiger partial charge in [0.2, 0.25) is 0 Å². The van der Waals surface area contributed by atoms with Crippen LogP contribution < -0.4 is 5.73 Å². The van der Waals surface area contributed by atoms with Crippen LogP contribution in [0.15, 0.2) is 35.7 Å². The molecule has 1 aromatic carbocycles. The van der Waals surface area contributed by atoms with E-state index in [-0.39, 0.29) is 5.69 Å². The summed E-state index contributed by atoms with van der Waals surface area (Å²) in [5.74, 6) is -1.04. The molecule has 6 heteroatoms. The summed E-state index contributed by atoms with van der Waals surface area (Å²) in [6.45, 7) is 0.785. The SMILES string of the molecule is N[C@@H](COCc1ccccc1)c1nc(C(=O)O)cs1. The lowest BCUT2D eigenvalue weighted by Crippen LogP contribution is -2.17. The lowest BCUT2D eigenvalue weighted by molar-refractivity contribution is 0.0690. The molecule has 0 saturated heterocycles. The molecule has 0 aliphatic rings. The maximum absolute atomic E-state index is 10.7. The van der Waals surface area contributed by atoms with Crippen molar-refractivity contribution in [2.45, 2.75) is 12.6 Å². The number of nitrogens with zero attached hydrogens (tertiary/aromatic N) is 1. The maximum Gasteiger partial charge on any atom is 0.355 e. The van der Waals surface area contributed by atoms with Crippen molar-refractivity contribution in [3.63, 3.8) is 0 Å². The zero-order valence-corrected chi connectivity index (χ0v) is 11.0. The van der Waals surface area contributed by atoms with E-state index in [1.807, 2.05) is 30.3 Å². The van der Waals surface area contributed by atoms with Crippen LogP contribution in [-0.4, -0.2) is 22.7 Å². The molecule has 0 bridgehead atoms. The molecule has 0 spiro atoms. The van der Waals surface area contributed by atoms with Gasteiger partial charge in [0.25, 0.3) is 0 Å². The number of carboxylic acid groups (broad SMARTS) is 1. The minimum Gasteiger partial charge on any atom is -0.476 e. The van der Waals surface area contributed by atoms with Gasteiger partial charge in [-0.2, -0.15) is 0 Å². The van der Waals surface area contributed by atoms with Crippen LogP contribution in [0.5, 0.6) is 0 Å². The minimum absolute atomic E-state index is 0.0264. The van der Waals surface area contributed by atoms with Crippen LogP contribution in [0, 0.1) is 0 Å². The summed E-state index contributed by atoms with van der Waals surface area (Å²) in [5.41, 5.74) is 7.00. The Balaban J connectivity index is 1.83. The van der Waals surface area contributed by atoms with Crippen molar-refractivity contribution in [2.24, 2.45) is 5.73 Å². The molecule has 1 atom stereocenters. The van der Waals surface area contributed by atoms with E-state index in [9.17, 15) is 4.79 Å². The van der Waals surface area contributed by atoms with Crippen LogP contribution in [0.2, 0.25) is 0 Å². The third-order valence-corrected chi connectivity index (χ3v) is 3.44. The second-order valence-electron chi connectivity index (χ2n) is 3.98. The van der Waals surface area contributed by atoms with E-state index in [1.165, 1.54) is 16.7 Å². The first-order chi connectivity index (χ1) is 9.16. The highest BCUT2D eigenvalue weighted by Crippen LogP contribution is 2.17. The number of ether oxygens (including phenoxy) is 1. The number of carbonyl (C=O) groups is 1. The normalized spacial score (nSPS) is 12.3. The molecule has 1 heterocycles. The van der Waals surface area contributed by atoms with E-state index in [1.54, 1.807) is 0 Å². The second kappa shape index (κ2) is 6.42. The number of aromatic carboxylic acids is 1. The summed E-state index contributed by atoms with van der Waals surface area (Å²) >= 11 is 1.24. The van der Waals surface area contributed by atoms with E-state index in [0.717, 1.165) is 5.56 Å². The molecular weight excluding hydrogens is 264 g/mol. The first kappa shape index (κ1) is 13.7. The summed E-state index contributed by atoms with van der Waals surface area (Å²) in [4.78, 5) is 14.7. The van der Waals surface area contributed by atoms with Gasteiger partial charge in [-0.3, -0.25) is 0 Å². The Morgan fingerprint density at radius 3 is 2.79 bits per heavy atom. The summed E-state index contributed by atoms with van der Waals surface area (Å²) in [7, 11) is 0. The average molecular weight is 278 g/mol. The standard InChI is InChI=1S/C13H14N2O3S/c14-10(12-15-11(8-19-12)13(16)17)7-18-6-9-4-2-1-3-5-9/h1-5,8,10H,6-7,14H2,(H,16,17)/t10-/m0/s1. The number of hydrogen-bond donors (Lipinski definition) is 2. The van der Waals surface area contributed by atoms with Gasteiger partial charge in [0, 0.05) is 5.38 Å². The second-order valence-corrected chi connectivity index (χ2v) is 4.87. The van der Waals surface area contributed by atoms with Crippen LogP contribution >= 0.6 is 11.3 Å². The van der Waals surface area contributed by atoms with Crippen molar-refractivity contribution in [2.75, 3.05) is 6.61 Å². The Kier molecular flexibility index (Phi) is 4.62. The molecule has 100 valence electrons. The van der Waals surface area contributed by atoms with Gasteiger partial charge in [-0.25, -0.2) is 9.78 Å². The number of aromatic nitrogens is 1. The van der Waals surface area contributed by atoms with Gasteiger partial charge in [-0.1, -0.05) is 30.3 Å². The van der Waals surface area contributed by atoms with E-state index < -0.39 is 12.0 Å². The smallest absolute Gasteiger partial charge is 0.355 e. The Hall–Kier alpha value is -1.76. The molecule has 3 N–H and O–H groups in total. The Morgan fingerprint density at radius 1 is 1.42 bits per heavy atom. The molecule has 2 aromatic rings. The summed E-state index contributed by atoms with van der Waals surface area (Å²) in [6, 6.07) is 9.37. The molecule has 19 heavy (non-hydrogen) atoms. The fourth-order valence-corrected chi connectivity index (χ4v) is 2.29. The van der Waals surface area contributed by atoms with E-state index in [0.29, 0.717) is 18.2 Å². The summed E-state index contributed by atoms with van der Waals surface area (Å²) < 4.78 is 5.50. The summed E-state index contributed by atoms with van der Waals surface area (Å²) in [6.07, 6.45) is 0. The largest absolute Gasteiger partial charge is 0.476 e. The number of thiazole rings is 1. The van der Waals surface area contributed by atoms with Crippen LogP contribution in [0.25, 0.3) is 0 Å². The number of nitrogens with two attached hydrogens (primary N) is 1. The van der Waals surface area contributed by atoms with E-state index in [2.05, 4.69) is 4.98 Å². The molecule has 0 unspecified atom stereocenters. The van der Waals surface area contributed by atoms with Crippen molar-refractivity contribution < 1.29 is 14.6 Å². The van der Waals surface area contributed by atoms with Crippen molar-refractivity contribution in [3.05, 3.63) is 52.0 Å². The van der Waals surface area contributed by atoms with Crippen molar-refractivity contribution in [3.8, 4) is 0 Å². The topological polar surface area (TPSA) is 85.4 Å². The Labute approximate surface area is 114 Å². The molecule has 0 radical (unpaired) electrons. The molecule has 0 fully saturated rings. The predicted molar refractivity (Wildman–Crippen MR) is 72.1 cm³/mol. The van der Waals surface area contributed by atoms with E-state index >= 15 is 0 Å². The molecule has 0 amide bonds. The van der Waals surface area contributed by atoms with Gasteiger partial charge < -0.3 is 15.6 Å². The van der Waals surface area contributed by atoms with E-state index in [4.69, 9.17) is 15.6 Å². The predicted octanol–water partition coefficient (Wildman–Crippen LogP) is 2.06. The Morgan fingerprint density at radius 2 is 2.16 bits per heavy atom. The van der Waals surface area contributed by atoms with Gasteiger partial charge in [0.1, 0.15) is 5.01 Å². The van der Waals surface area contributed by atoms with Crippen molar-refractivity contribution in [1.82, 2.24) is 4.98 Å². The molecule has 0 saturated carbocycles. The average Bonchev–Trinajstić information content (AvgIpc) is 2.89. The molecule has 0 aliphatic heterocycles. The first-order valence-corrected chi connectivity index (χ1v) is 6.60. The Bertz CT molecular complexity index is 542. The van der Waals surface area contributed by atoms with Crippen molar-refractivity contribution in [1.29, 1.82) is 0 Å². The zero-order chi connectivity index (χ0) is 13.7. The maximum atomic E-state index is 10.7. The number of rotatable bonds is 6. The number of hydrogen-bond acceptors (Lipinski definition) is 5. The third kappa shape index (κ3) is 3.85. The summed E-state index contributed by atoms with van der Waals surface area (Å²) in [5, 5.41) is 10.8. The van der Waals surface area contributed by atoms with Gasteiger partial charge in [0.15, 0.2) is 5.69 Å². The molecule has 5 nitrogen and oxygen atoms in total. The zero-order valence-electron chi connectivity index (χ0n) is 10.2. The number of carboxylic acids is 1. The van der Waals surface area contributed by atoms with Crippen LogP contribution in [0.3, 0.4) is 0 Å². The molecular formula is C13H14N2O3S. The highest BCUT2D eigenvalue weighted by Gasteiger charge is 2.14. The van der Waals surface area contributed by atoms with Gasteiger partial charge in [-0.15, -0.1) is 11.3 Å². The quantitative estimate of drug-likeness (QED) is 0.844. The first-order valence-electron chi connectivity index (χ1n) is 5.73. The third-order valence-electron chi connectivity index (χ3n) is 2.47. The number of benzene rings is 1. The van der Waals surface area contributed by atoms with Crippen molar-refractivity contribution >= 4 is 17.3 Å². The fraction of sp³-hybridized carbons (Fsp3) is 0.231. The minimum atomic E-state index is -1.04. The lowest BCUT2D eigenvalue weighted by atomic mass is 10.2. The monoisotopic (exact) mass is 278 g/mol. The highest BCUT2D eigenvalue weighted by molar-refractivity contribution is 7.09. The van der Waals surface area contributed by atoms with Crippen LogP contribution in [0.1, 0.15) is 27.1 Å². The molecule has 0 aliphatic carbocycles. The highest BCUT2D eigenvalue weighted by atomic mass is 32.1. The fourth-order valence-electron chi connectivity index (χ4n) is 1.51. The van der Waals surface area contributed by atoms with Gasteiger partial charge in [-0.05, 0) is 5.56 Å². The lowest BCUT2D eigenvalue weighted by Gasteiger charge is -2.09. The molecule has 2 rings (SSSR count).